The molecule has 210 valence electrons. The summed E-state index contributed by atoms with van der Waals surface area (Å²) in [4.78, 5) is 34.5. The van der Waals surface area contributed by atoms with Crippen LogP contribution in [0.3, 0.4) is 0 Å². The molecule has 8 nitrogen and oxygen atoms in total. The van der Waals surface area contributed by atoms with Gasteiger partial charge in [0, 0.05) is 44.1 Å². The summed E-state index contributed by atoms with van der Waals surface area (Å²) in [5.74, 6) is -0.229. The molecule has 0 unspecified atom stereocenters. The Morgan fingerprint density at radius 3 is 2.44 bits per heavy atom. The maximum absolute atomic E-state index is 13.3. The van der Waals surface area contributed by atoms with E-state index >= 15 is 0 Å². The van der Waals surface area contributed by atoms with Crippen molar-refractivity contribution in [2.75, 3.05) is 49.6 Å². The first kappa shape index (κ1) is 28.0. The molecule has 1 fully saturated rings. The molecule has 41 heavy (non-hydrogen) atoms. The monoisotopic (exact) mass is 549 g/mol. The number of nitrogens with one attached hydrogen (secondary N) is 1. The van der Waals surface area contributed by atoms with Crippen LogP contribution in [0.4, 0.5) is 11.4 Å². The van der Waals surface area contributed by atoms with Gasteiger partial charge in [-0.15, -0.1) is 0 Å². The zero-order valence-corrected chi connectivity index (χ0v) is 23.0. The number of nitrogens with zero attached hydrogens (tertiary/aromatic N) is 3. The van der Waals surface area contributed by atoms with Crippen molar-refractivity contribution in [3.8, 4) is 11.1 Å². The van der Waals surface area contributed by atoms with Gasteiger partial charge in [-0.25, -0.2) is 0 Å². The molecule has 0 saturated carbocycles. The molecule has 2 amide bonds. The molecule has 1 saturated heterocycles. The Morgan fingerprint density at radius 1 is 0.902 bits per heavy atom. The Balaban J connectivity index is 1.42. The van der Waals surface area contributed by atoms with E-state index < -0.39 is 0 Å². The molecule has 8 heteroatoms. The topological polar surface area (TPSA) is 101 Å². The number of ether oxygens (including phenoxy) is 1. The van der Waals surface area contributed by atoms with E-state index in [1.165, 1.54) is 0 Å². The molecule has 0 radical (unpaired) electrons. The molecule has 3 aromatic carbocycles. The Labute approximate surface area is 240 Å². The number of pyridine rings is 1. The van der Waals surface area contributed by atoms with Gasteiger partial charge in [-0.2, -0.15) is 0 Å². The summed E-state index contributed by atoms with van der Waals surface area (Å²) in [5, 5.41) is 3.15. The Morgan fingerprint density at radius 2 is 1.68 bits per heavy atom. The zero-order valence-electron chi connectivity index (χ0n) is 23.0. The van der Waals surface area contributed by atoms with E-state index in [-0.39, 0.29) is 11.8 Å². The van der Waals surface area contributed by atoms with Crippen LogP contribution in [-0.2, 0) is 11.3 Å². The predicted molar refractivity (Wildman–Crippen MR) is 162 cm³/mol. The number of carbonyl (C=O) groups is 2. The normalized spacial score (nSPS) is 13.0. The van der Waals surface area contributed by atoms with Gasteiger partial charge >= 0.3 is 0 Å². The lowest BCUT2D eigenvalue weighted by Crippen LogP contribution is -2.36. The number of anilines is 2. The second-order valence-corrected chi connectivity index (χ2v) is 9.96. The number of nitrogens with two attached hydrogens (primary N) is 1. The summed E-state index contributed by atoms with van der Waals surface area (Å²) >= 11 is 0. The quantitative estimate of drug-likeness (QED) is 0.294. The minimum Gasteiger partial charge on any atom is -0.378 e. The maximum Gasteiger partial charge on any atom is 0.255 e. The first-order valence-electron chi connectivity index (χ1n) is 13.9. The summed E-state index contributed by atoms with van der Waals surface area (Å²) in [6, 6.07) is 27.1. The molecule has 1 aliphatic heterocycles. The third kappa shape index (κ3) is 7.16. The van der Waals surface area contributed by atoms with Crippen LogP contribution >= 0.6 is 0 Å². The molecule has 2 heterocycles. The summed E-state index contributed by atoms with van der Waals surface area (Å²) < 4.78 is 5.55. The number of hydrogen-bond acceptors (Lipinski definition) is 6. The minimum atomic E-state index is -0.157. The van der Waals surface area contributed by atoms with Gasteiger partial charge in [-0.3, -0.25) is 14.6 Å². The fraction of sp³-hybridized carbons (Fsp3) is 0.242. The Bertz CT molecular complexity index is 1460. The first-order chi connectivity index (χ1) is 20.1. The van der Waals surface area contributed by atoms with Crippen molar-refractivity contribution in [3.63, 3.8) is 0 Å². The van der Waals surface area contributed by atoms with Crippen LogP contribution in [0.15, 0.2) is 97.3 Å². The average Bonchev–Trinajstić information content (AvgIpc) is 3.04. The lowest BCUT2D eigenvalue weighted by molar-refractivity contribution is 0.0741. The molecular formula is C33H35N5O3. The SMILES string of the molecule is NCCCN(Cc1cccc(-c2ccc(N3CCOCC3)c(NC(=O)c3ccccc3)c2)c1)C(=O)c1cccnc1. The smallest absolute Gasteiger partial charge is 0.255 e. The second kappa shape index (κ2) is 13.7. The number of benzene rings is 3. The van der Waals surface area contributed by atoms with Gasteiger partial charge in [0.1, 0.15) is 0 Å². The number of amides is 2. The van der Waals surface area contributed by atoms with Crippen LogP contribution in [0.5, 0.6) is 0 Å². The minimum absolute atomic E-state index is 0.0715. The van der Waals surface area contributed by atoms with E-state index in [0.717, 1.165) is 41.2 Å². The fourth-order valence-corrected chi connectivity index (χ4v) is 4.96. The van der Waals surface area contributed by atoms with Crippen molar-refractivity contribution in [3.05, 3.63) is 114 Å². The van der Waals surface area contributed by atoms with Crippen molar-refractivity contribution in [2.24, 2.45) is 5.73 Å². The van der Waals surface area contributed by atoms with Gasteiger partial charge in [0.15, 0.2) is 0 Å². The number of carbonyl (C=O) groups excluding carboxylic acids is 2. The molecule has 1 aliphatic rings. The van der Waals surface area contributed by atoms with Gasteiger partial charge in [0.25, 0.3) is 11.8 Å². The highest BCUT2D eigenvalue weighted by atomic mass is 16.5. The van der Waals surface area contributed by atoms with E-state index in [1.807, 2.05) is 47.4 Å². The third-order valence-electron chi connectivity index (χ3n) is 7.09. The molecule has 1 aromatic heterocycles. The Hall–Kier alpha value is -4.53. The van der Waals surface area contributed by atoms with Gasteiger partial charge < -0.3 is 25.6 Å². The summed E-state index contributed by atoms with van der Waals surface area (Å²) in [5.41, 5.74) is 11.6. The zero-order chi connectivity index (χ0) is 28.4. The van der Waals surface area contributed by atoms with Crippen molar-refractivity contribution in [1.29, 1.82) is 0 Å². The third-order valence-corrected chi connectivity index (χ3v) is 7.09. The number of rotatable bonds is 10. The lowest BCUT2D eigenvalue weighted by Gasteiger charge is -2.31. The van der Waals surface area contributed by atoms with Gasteiger partial charge in [0.05, 0.1) is 30.2 Å². The van der Waals surface area contributed by atoms with Crippen molar-refractivity contribution in [1.82, 2.24) is 9.88 Å². The second-order valence-electron chi connectivity index (χ2n) is 9.96. The van der Waals surface area contributed by atoms with Crippen LogP contribution in [0.2, 0.25) is 0 Å². The molecule has 3 N–H and O–H groups in total. The Kier molecular flexibility index (Phi) is 9.36. The fourth-order valence-electron chi connectivity index (χ4n) is 4.96. The van der Waals surface area contributed by atoms with Gasteiger partial charge in [-0.05, 0) is 72.1 Å². The van der Waals surface area contributed by atoms with Crippen molar-refractivity contribution < 1.29 is 14.3 Å². The van der Waals surface area contributed by atoms with Gasteiger partial charge in [0.2, 0.25) is 0 Å². The molecular weight excluding hydrogens is 514 g/mol. The molecule has 0 bridgehead atoms. The summed E-state index contributed by atoms with van der Waals surface area (Å²) in [6.07, 6.45) is 3.96. The van der Waals surface area contributed by atoms with Crippen LogP contribution < -0.4 is 16.0 Å². The lowest BCUT2D eigenvalue weighted by atomic mass is 10.0. The summed E-state index contributed by atoms with van der Waals surface area (Å²) in [7, 11) is 0. The highest BCUT2D eigenvalue weighted by molar-refractivity contribution is 6.06. The van der Waals surface area contributed by atoms with Crippen molar-refractivity contribution in [2.45, 2.75) is 13.0 Å². The van der Waals surface area contributed by atoms with Crippen LogP contribution in [0, 0.1) is 0 Å². The predicted octanol–water partition coefficient (Wildman–Crippen LogP) is 4.83. The molecule has 0 spiro atoms. The molecule has 0 aliphatic carbocycles. The highest BCUT2D eigenvalue weighted by Gasteiger charge is 2.19. The van der Waals surface area contributed by atoms with Gasteiger partial charge in [-0.1, -0.05) is 42.5 Å². The van der Waals surface area contributed by atoms with Crippen LogP contribution in [0.25, 0.3) is 11.1 Å². The number of aromatic nitrogens is 1. The average molecular weight is 550 g/mol. The first-order valence-corrected chi connectivity index (χ1v) is 13.9. The maximum atomic E-state index is 13.3. The van der Waals surface area contributed by atoms with Crippen molar-refractivity contribution >= 4 is 23.2 Å². The summed E-state index contributed by atoms with van der Waals surface area (Å²) in [6.45, 7) is 4.31. The molecule has 0 atom stereocenters. The number of morpholine rings is 1. The van der Waals surface area contributed by atoms with Crippen LogP contribution in [-0.4, -0.2) is 61.1 Å². The van der Waals surface area contributed by atoms with E-state index in [0.29, 0.717) is 50.4 Å². The highest BCUT2D eigenvalue weighted by Crippen LogP contribution is 2.33. The van der Waals surface area contributed by atoms with E-state index in [4.69, 9.17) is 10.5 Å². The van der Waals surface area contributed by atoms with E-state index in [1.54, 1.807) is 36.7 Å². The van der Waals surface area contributed by atoms with Crippen LogP contribution in [0.1, 0.15) is 32.7 Å². The molecule has 5 rings (SSSR count). The van der Waals surface area contributed by atoms with E-state index in [2.05, 4.69) is 33.4 Å². The number of hydrogen-bond donors (Lipinski definition) is 2. The molecule has 4 aromatic rings. The standard InChI is InChI=1S/C33H35N5O3/c34-14-6-16-38(33(40)29-11-5-15-35-23-29)24-25-7-4-10-27(21-25)28-12-13-31(37-17-19-41-20-18-37)30(22-28)36-32(39)26-8-2-1-3-9-26/h1-5,7-13,15,21-23H,6,14,16-20,24,34H2,(H,36,39). The van der Waals surface area contributed by atoms with E-state index in [9.17, 15) is 9.59 Å². The largest absolute Gasteiger partial charge is 0.378 e.